The molecule has 28 heavy (non-hydrogen) atoms. The molecule has 0 saturated carbocycles. The topological polar surface area (TPSA) is 52.7 Å². The number of halogens is 2. The molecule has 2 fully saturated rings. The number of imide groups is 1. The molecule has 2 aliphatic rings. The molecule has 2 heterocycles. The van der Waals surface area contributed by atoms with Crippen LogP contribution in [0.25, 0.3) is 6.08 Å². The van der Waals surface area contributed by atoms with Gasteiger partial charge in [-0.05, 0) is 61.7 Å². The van der Waals surface area contributed by atoms with E-state index in [0.717, 1.165) is 36.5 Å². The summed E-state index contributed by atoms with van der Waals surface area (Å²) in [7, 11) is 0. The standard InChI is InChI=1S/C21H19ClFN3O2/c22-15-5-4-6-17(12-15)26-20(27)19(24-21(26)28)11-14-7-8-16(13-18(14)23)25-9-2-1-3-10-25/h4-8,11-13H,1-3,9-10H2,(H,24,28). The molecular formula is C21H19ClFN3O2. The van der Waals surface area contributed by atoms with E-state index in [1.165, 1.54) is 24.6 Å². The Morgan fingerprint density at radius 2 is 1.79 bits per heavy atom. The van der Waals surface area contributed by atoms with Crippen molar-refractivity contribution in [3.8, 4) is 0 Å². The Bertz CT molecular complexity index is 970. The van der Waals surface area contributed by atoms with Gasteiger partial charge in [-0.3, -0.25) is 4.79 Å². The zero-order chi connectivity index (χ0) is 19.7. The normalized spacial score (nSPS) is 18.7. The Morgan fingerprint density at radius 1 is 1.00 bits per heavy atom. The van der Waals surface area contributed by atoms with Gasteiger partial charge in [-0.15, -0.1) is 0 Å². The van der Waals surface area contributed by atoms with Crippen LogP contribution in [0.5, 0.6) is 0 Å². The van der Waals surface area contributed by atoms with E-state index in [4.69, 9.17) is 11.6 Å². The zero-order valence-electron chi connectivity index (χ0n) is 15.1. The second-order valence-electron chi connectivity index (χ2n) is 6.86. The van der Waals surface area contributed by atoms with Gasteiger partial charge >= 0.3 is 6.03 Å². The molecule has 0 unspecified atom stereocenters. The van der Waals surface area contributed by atoms with Gasteiger partial charge < -0.3 is 10.2 Å². The lowest BCUT2D eigenvalue weighted by Crippen LogP contribution is -2.30. The van der Waals surface area contributed by atoms with Crippen molar-refractivity contribution in [3.63, 3.8) is 0 Å². The summed E-state index contributed by atoms with van der Waals surface area (Å²) in [5, 5.41) is 2.92. The van der Waals surface area contributed by atoms with Crippen LogP contribution in [0.1, 0.15) is 24.8 Å². The fourth-order valence-corrected chi connectivity index (χ4v) is 3.71. The largest absolute Gasteiger partial charge is 0.371 e. The smallest absolute Gasteiger partial charge is 0.333 e. The Labute approximate surface area is 167 Å². The lowest BCUT2D eigenvalue weighted by Gasteiger charge is -2.28. The third-order valence-corrected chi connectivity index (χ3v) is 5.18. The number of urea groups is 1. The van der Waals surface area contributed by atoms with Crippen LogP contribution in [0.4, 0.5) is 20.6 Å². The number of amides is 3. The second kappa shape index (κ2) is 7.64. The van der Waals surface area contributed by atoms with Gasteiger partial charge in [0.15, 0.2) is 0 Å². The Kier molecular flexibility index (Phi) is 5.05. The second-order valence-corrected chi connectivity index (χ2v) is 7.30. The number of hydrogen-bond donors (Lipinski definition) is 1. The van der Waals surface area contributed by atoms with Crippen molar-refractivity contribution < 1.29 is 14.0 Å². The van der Waals surface area contributed by atoms with Gasteiger partial charge in [-0.25, -0.2) is 14.1 Å². The maximum absolute atomic E-state index is 14.6. The minimum atomic E-state index is -0.594. The summed E-state index contributed by atoms with van der Waals surface area (Å²) in [6.07, 6.45) is 4.77. The molecule has 5 nitrogen and oxygen atoms in total. The van der Waals surface area contributed by atoms with Crippen molar-refractivity contribution in [1.29, 1.82) is 0 Å². The maximum atomic E-state index is 14.6. The summed E-state index contributed by atoms with van der Waals surface area (Å²) in [4.78, 5) is 28.1. The van der Waals surface area contributed by atoms with Crippen LogP contribution >= 0.6 is 11.6 Å². The maximum Gasteiger partial charge on any atom is 0.333 e. The summed E-state index contributed by atoms with van der Waals surface area (Å²) in [5.41, 5.74) is 1.47. The van der Waals surface area contributed by atoms with Crippen molar-refractivity contribution in [2.75, 3.05) is 22.9 Å². The van der Waals surface area contributed by atoms with Crippen LogP contribution in [0.15, 0.2) is 48.2 Å². The van der Waals surface area contributed by atoms with Gasteiger partial charge in [-0.2, -0.15) is 0 Å². The van der Waals surface area contributed by atoms with Gasteiger partial charge in [0.1, 0.15) is 11.5 Å². The van der Waals surface area contributed by atoms with Gasteiger partial charge in [0.25, 0.3) is 5.91 Å². The molecule has 0 atom stereocenters. The first-order valence-corrected chi connectivity index (χ1v) is 9.58. The predicted molar refractivity (Wildman–Crippen MR) is 108 cm³/mol. The minimum Gasteiger partial charge on any atom is -0.371 e. The molecule has 0 radical (unpaired) electrons. The molecule has 0 bridgehead atoms. The van der Waals surface area contributed by atoms with Crippen LogP contribution in [0.2, 0.25) is 5.02 Å². The van der Waals surface area contributed by atoms with Gasteiger partial charge in [0, 0.05) is 29.4 Å². The first kappa shape index (κ1) is 18.5. The van der Waals surface area contributed by atoms with E-state index in [-0.39, 0.29) is 11.3 Å². The average molecular weight is 400 g/mol. The van der Waals surface area contributed by atoms with Crippen molar-refractivity contribution in [1.82, 2.24) is 5.32 Å². The number of carbonyl (C=O) groups is 2. The van der Waals surface area contributed by atoms with Crippen molar-refractivity contribution in [2.45, 2.75) is 19.3 Å². The predicted octanol–water partition coefficient (Wildman–Crippen LogP) is 4.57. The highest BCUT2D eigenvalue weighted by Crippen LogP contribution is 2.27. The van der Waals surface area contributed by atoms with E-state index in [1.807, 2.05) is 6.07 Å². The number of benzene rings is 2. The molecule has 3 amide bonds. The Hall–Kier alpha value is -2.86. The molecule has 2 aromatic carbocycles. The molecule has 0 aromatic heterocycles. The highest BCUT2D eigenvalue weighted by Gasteiger charge is 2.35. The number of rotatable bonds is 3. The summed E-state index contributed by atoms with van der Waals surface area (Å²) in [5.74, 6) is -0.981. The molecule has 2 saturated heterocycles. The molecule has 144 valence electrons. The fourth-order valence-electron chi connectivity index (χ4n) is 3.52. The molecule has 2 aliphatic heterocycles. The van der Waals surface area contributed by atoms with Crippen molar-refractivity contribution >= 4 is 41.0 Å². The molecule has 1 N–H and O–H groups in total. The number of anilines is 2. The highest BCUT2D eigenvalue weighted by molar-refractivity contribution is 6.32. The number of piperidine rings is 1. The van der Waals surface area contributed by atoms with Gasteiger partial charge in [0.2, 0.25) is 0 Å². The summed E-state index contributed by atoms with van der Waals surface area (Å²) in [6.45, 7) is 1.84. The monoisotopic (exact) mass is 399 g/mol. The van der Waals surface area contributed by atoms with Crippen molar-refractivity contribution in [3.05, 3.63) is 64.6 Å². The third kappa shape index (κ3) is 3.60. The number of nitrogens with zero attached hydrogens (tertiary/aromatic N) is 2. The first-order chi connectivity index (χ1) is 13.5. The lowest BCUT2D eigenvalue weighted by molar-refractivity contribution is -0.113. The van der Waals surface area contributed by atoms with Crippen molar-refractivity contribution in [2.24, 2.45) is 0 Å². The Balaban J connectivity index is 1.59. The van der Waals surface area contributed by atoms with Crippen LogP contribution in [-0.4, -0.2) is 25.0 Å². The van der Waals surface area contributed by atoms with E-state index in [2.05, 4.69) is 10.2 Å². The van der Waals surface area contributed by atoms with E-state index >= 15 is 0 Å². The molecule has 4 rings (SSSR count). The van der Waals surface area contributed by atoms with Crippen LogP contribution in [0.3, 0.4) is 0 Å². The highest BCUT2D eigenvalue weighted by atomic mass is 35.5. The van der Waals surface area contributed by atoms with Gasteiger partial charge in [-0.1, -0.05) is 17.7 Å². The van der Waals surface area contributed by atoms with E-state index < -0.39 is 17.8 Å². The van der Waals surface area contributed by atoms with Crippen LogP contribution in [-0.2, 0) is 4.79 Å². The van der Waals surface area contributed by atoms with E-state index in [1.54, 1.807) is 24.3 Å². The number of carbonyl (C=O) groups excluding carboxylic acids is 2. The number of hydrogen-bond acceptors (Lipinski definition) is 3. The fraction of sp³-hybridized carbons (Fsp3) is 0.238. The first-order valence-electron chi connectivity index (χ1n) is 9.20. The molecular weight excluding hydrogens is 381 g/mol. The molecule has 0 spiro atoms. The third-order valence-electron chi connectivity index (χ3n) is 4.95. The summed E-state index contributed by atoms with van der Waals surface area (Å²) < 4.78 is 14.6. The number of nitrogens with one attached hydrogen (secondary N) is 1. The average Bonchev–Trinajstić information content (AvgIpc) is 2.97. The van der Waals surface area contributed by atoms with E-state index in [0.29, 0.717) is 10.7 Å². The molecule has 0 aliphatic carbocycles. The lowest BCUT2D eigenvalue weighted by atomic mass is 10.1. The van der Waals surface area contributed by atoms with Crippen LogP contribution < -0.4 is 15.1 Å². The summed E-state index contributed by atoms with van der Waals surface area (Å²) >= 11 is 5.95. The van der Waals surface area contributed by atoms with Crippen LogP contribution in [0, 0.1) is 5.82 Å². The van der Waals surface area contributed by atoms with Gasteiger partial charge in [0.05, 0.1) is 5.69 Å². The zero-order valence-corrected chi connectivity index (χ0v) is 15.9. The summed E-state index contributed by atoms with van der Waals surface area (Å²) in [6, 6.07) is 10.8. The minimum absolute atomic E-state index is 0.0228. The quantitative estimate of drug-likeness (QED) is 0.607. The molecule has 7 heteroatoms. The SMILES string of the molecule is O=C1NC(=Cc2ccc(N3CCCCC3)cc2F)C(=O)N1c1cccc(Cl)c1. The Morgan fingerprint density at radius 3 is 2.50 bits per heavy atom. The molecule has 2 aromatic rings. The van der Waals surface area contributed by atoms with E-state index in [9.17, 15) is 14.0 Å².